The Bertz CT molecular complexity index is 1190. The van der Waals surface area contributed by atoms with E-state index in [1.165, 1.54) is 12.1 Å². The number of rotatable bonds is 6. The van der Waals surface area contributed by atoms with E-state index in [9.17, 15) is 9.18 Å². The molecule has 9 heteroatoms. The number of nitrogens with two attached hydrogens (primary N) is 2. The average Bonchev–Trinajstić information content (AvgIpc) is 2.73. The molecule has 0 aliphatic carbocycles. The highest BCUT2D eigenvalue weighted by Crippen LogP contribution is 2.41. The summed E-state index contributed by atoms with van der Waals surface area (Å²) in [6.45, 7) is 2.38. The van der Waals surface area contributed by atoms with Crippen LogP contribution in [-0.4, -0.2) is 17.4 Å². The van der Waals surface area contributed by atoms with E-state index in [0.717, 1.165) is 11.1 Å². The second-order valence-electron chi connectivity index (χ2n) is 7.61. The zero-order chi connectivity index (χ0) is 23.0. The lowest BCUT2D eigenvalue weighted by atomic mass is 9.79. The zero-order valence-corrected chi connectivity index (χ0v) is 18.6. The van der Waals surface area contributed by atoms with Gasteiger partial charge in [-0.1, -0.05) is 41.4 Å². The molecule has 1 amide bonds. The van der Waals surface area contributed by atoms with Gasteiger partial charge in [0.25, 0.3) is 0 Å². The summed E-state index contributed by atoms with van der Waals surface area (Å²) in [7, 11) is 0. The molecule has 166 valence electrons. The molecule has 2 aromatic carbocycles. The van der Waals surface area contributed by atoms with Crippen molar-refractivity contribution < 1.29 is 13.9 Å². The molecule has 3 aromatic rings. The number of pyridine rings is 1. The maximum Gasteiger partial charge on any atom is 0.248 e. The van der Waals surface area contributed by atoms with Gasteiger partial charge in [0, 0.05) is 40.9 Å². The zero-order valence-electron chi connectivity index (χ0n) is 17.1. The molecule has 1 aliphatic rings. The molecule has 6 nitrogen and oxygen atoms in total. The second kappa shape index (κ2) is 8.94. The number of hydrogen-bond donors (Lipinski definition) is 3. The number of amides is 1. The number of anilines is 1. The molecule has 1 fully saturated rings. The lowest BCUT2D eigenvalue weighted by molar-refractivity contribution is 0.0998. The van der Waals surface area contributed by atoms with E-state index in [2.05, 4.69) is 10.3 Å². The average molecular weight is 475 g/mol. The molecule has 2 heterocycles. The number of ether oxygens (including phenoxy) is 1. The van der Waals surface area contributed by atoms with Gasteiger partial charge in [-0.2, -0.15) is 0 Å². The number of primary amides is 1. The largest absolute Gasteiger partial charge is 0.482 e. The summed E-state index contributed by atoms with van der Waals surface area (Å²) in [5.41, 5.74) is 14.1. The van der Waals surface area contributed by atoms with Crippen molar-refractivity contribution in [1.82, 2.24) is 10.3 Å². The van der Waals surface area contributed by atoms with Crippen molar-refractivity contribution in [3.05, 3.63) is 86.8 Å². The molecule has 3 atom stereocenters. The van der Waals surface area contributed by atoms with Gasteiger partial charge < -0.3 is 21.5 Å². The van der Waals surface area contributed by atoms with E-state index in [4.69, 9.17) is 39.4 Å². The summed E-state index contributed by atoms with van der Waals surface area (Å²) in [6.07, 6.45) is 0.983. The molecule has 0 saturated carbocycles. The summed E-state index contributed by atoms with van der Waals surface area (Å²) in [4.78, 5) is 16.1. The van der Waals surface area contributed by atoms with Gasteiger partial charge in [-0.3, -0.25) is 4.79 Å². The Morgan fingerprint density at radius 1 is 1.28 bits per heavy atom. The maximum atomic E-state index is 13.9. The fourth-order valence-corrected chi connectivity index (χ4v) is 4.62. The molecule has 3 unspecified atom stereocenters. The Balaban J connectivity index is 1.62. The number of nitrogen functional groups attached to an aromatic ring is 1. The molecule has 0 spiro atoms. The lowest BCUT2D eigenvalue weighted by Crippen LogP contribution is -2.44. The van der Waals surface area contributed by atoms with Crippen molar-refractivity contribution in [3.8, 4) is 5.75 Å². The van der Waals surface area contributed by atoms with Crippen LogP contribution in [0.2, 0.25) is 10.0 Å². The number of aromatic nitrogens is 1. The van der Waals surface area contributed by atoms with Crippen LogP contribution >= 0.6 is 23.2 Å². The highest BCUT2D eigenvalue weighted by Gasteiger charge is 2.35. The molecule has 4 rings (SSSR count). The van der Waals surface area contributed by atoms with Crippen LogP contribution < -0.4 is 21.5 Å². The first-order valence-electron chi connectivity index (χ1n) is 9.95. The van der Waals surface area contributed by atoms with E-state index in [1.54, 1.807) is 31.3 Å². The Morgan fingerprint density at radius 2 is 2.03 bits per heavy atom. The van der Waals surface area contributed by atoms with Gasteiger partial charge >= 0.3 is 0 Å². The summed E-state index contributed by atoms with van der Waals surface area (Å²) in [6, 6.07) is 11.6. The van der Waals surface area contributed by atoms with Crippen LogP contribution in [0.5, 0.6) is 5.75 Å². The van der Waals surface area contributed by atoms with E-state index >= 15 is 0 Å². The standard InChI is InChI=1S/C23H21Cl2FN4O2/c1-11(19-16(24)6-7-17(26)20(19)25)32-18-8-12(9-30-22(18)27)21-15(10-29-21)13-4-2-3-5-14(13)23(28)31/h2-9,11,15,21,29H,10H2,1H3,(H2,27,30)(H2,28,31). The van der Waals surface area contributed by atoms with Gasteiger partial charge in [-0.15, -0.1) is 0 Å². The normalized spacial score (nSPS) is 18.6. The SMILES string of the molecule is CC(Oc1cc(C2NCC2c2ccccc2C(N)=O)cnc1N)c1c(Cl)ccc(F)c1Cl. The first-order valence-corrected chi connectivity index (χ1v) is 10.7. The quantitative estimate of drug-likeness (QED) is 0.446. The second-order valence-corrected chi connectivity index (χ2v) is 8.40. The minimum absolute atomic E-state index is 0.0292. The molecular weight excluding hydrogens is 454 g/mol. The minimum atomic E-state index is -0.675. The number of nitrogens with zero attached hydrogens (tertiary/aromatic N) is 1. The van der Waals surface area contributed by atoms with Crippen LogP contribution in [0.3, 0.4) is 0 Å². The highest BCUT2D eigenvalue weighted by molar-refractivity contribution is 6.36. The Hall–Kier alpha value is -2.87. The maximum absolute atomic E-state index is 13.9. The van der Waals surface area contributed by atoms with Gasteiger partial charge in [0.2, 0.25) is 5.91 Å². The molecule has 1 saturated heterocycles. The van der Waals surface area contributed by atoms with Crippen molar-refractivity contribution in [1.29, 1.82) is 0 Å². The summed E-state index contributed by atoms with van der Waals surface area (Å²) in [5.74, 6) is -0.527. The topological polar surface area (TPSA) is 103 Å². The molecule has 0 radical (unpaired) electrons. The van der Waals surface area contributed by atoms with E-state index in [-0.39, 0.29) is 27.8 Å². The molecular formula is C23H21Cl2FN4O2. The number of nitrogens with one attached hydrogen (secondary N) is 1. The van der Waals surface area contributed by atoms with Crippen LogP contribution in [0.25, 0.3) is 0 Å². The smallest absolute Gasteiger partial charge is 0.248 e. The predicted molar refractivity (Wildman–Crippen MR) is 123 cm³/mol. The summed E-state index contributed by atoms with van der Waals surface area (Å²) in [5, 5.41) is 3.54. The lowest BCUT2D eigenvalue weighted by Gasteiger charge is -2.39. The summed E-state index contributed by atoms with van der Waals surface area (Å²) >= 11 is 12.3. The third-order valence-electron chi connectivity index (χ3n) is 5.64. The van der Waals surface area contributed by atoms with Gasteiger partial charge in [0.05, 0.1) is 5.02 Å². The fraction of sp³-hybridized carbons (Fsp3) is 0.217. The number of carbonyl (C=O) groups is 1. The third-order valence-corrected chi connectivity index (χ3v) is 6.35. The summed E-state index contributed by atoms with van der Waals surface area (Å²) < 4.78 is 19.9. The van der Waals surface area contributed by atoms with Crippen molar-refractivity contribution in [2.45, 2.75) is 25.0 Å². The number of hydrogen-bond acceptors (Lipinski definition) is 5. The van der Waals surface area contributed by atoms with Crippen molar-refractivity contribution in [3.63, 3.8) is 0 Å². The molecule has 5 N–H and O–H groups in total. The van der Waals surface area contributed by atoms with Crippen LogP contribution in [0.1, 0.15) is 52.0 Å². The highest BCUT2D eigenvalue weighted by atomic mass is 35.5. The first-order chi connectivity index (χ1) is 15.3. The third kappa shape index (κ3) is 4.11. The van der Waals surface area contributed by atoms with Gasteiger partial charge in [-0.25, -0.2) is 9.37 Å². The van der Waals surface area contributed by atoms with E-state index in [0.29, 0.717) is 23.4 Å². The van der Waals surface area contributed by atoms with Gasteiger partial charge in [-0.05, 0) is 42.3 Å². The molecule has 1 aliphatic heterocycles. The Kier molecular flexibility index (Phi) is 6.24. The minimum Gasteiger partial charge on any atom is -0.482 e. The van der Waals surface area contributed by atoms with Gasteiger partial charge in [0.15, 0.2) is 11.6 Å². The molecule has 1 aromatic heterocycles. The number of carbonyl (C=O) groups excluding carboxylic acids is 1. The van der Waals surface area contributed by atoms with Crippen molar-refractivity contribution >= 4 is 34.9 Å². The van der Waals surface area contributed by atoms with E-state index < -0.39 is 17.8 Å². The number of halogens is 3. The van der Waals surface area contributed by atoms with Crippen LogP contribution in [0.15, 0.2) is 48.7 Å². The molecule has 0 bridgehead atoms. The van der Waals surface area contributed by atoms with Crippen LogP contribution in [0, 0.1) is 5.82 Å². The monoisotopic (exact) mass is 474 g/mol. The van der Waals surface area contributed by atoms with Crippen LogP contribution in [-0.2, 0) is 0 Å². The van der Waals surface area contributed by atoms with E-state index in [1.807, 2.05) is 12.1 Å². The first kappa shape index (κ1) is 22.3. The molecule has 32 heavy (non-hydrogen) atoms. The Labute approximate surface area is 194 Å². The Morgan fingerprint density at radius 3 is 2.72 bits per heavy atom. The number of benzene rings is 2. The van der Waals surface area contributed by atoms with Crippen molar-refractivity contribution in [2.75, 3.05) is 12.3 Å². The van der Waals surface area contributed by atoms with Gasteiger partial charge in [0.1, 0.15) is 11.9 Å². The fourth-order valence-electron chi connectivity index (χ4n) is 3.94. The van der Waals surface area contributed by atoms with Crippen LogP contribution in [0.4, 0.5) is 10.2 Å². The van der Waals surface area contributed by atoms with Crippen molar-refractivity contribution in [2.24, 2.45) is 5.73 Å². The predicted octanol–water partition coefficient (Wildman–Crippen LogP) is 4.78.